The molecule has 2 aromatic heterocycles. The first-order valence-corrected chi connectivity index (χ1v) is 6.54. The molecule has 0 saturated carbocycles. The highest BCUT2D eigenvalue weighted by atomic mass is 32.2. The molecule has 1 N–H and O–H groups in total. The lowest BCUT2D eigenvalue weighted by Crippen LogP contribution is -2.17. The minimum atomic E-state index is -4.04. The van der Waals surface area contributed by atoms with Crippen LogP contribution in [0.1, 0.15) is 5.69 Å². The van der Waals surface area contributed by atoms with Crippen LogP contribution in [0.3, 0.4) is 0 Å². The average molecular weight is 267 g/mol. The van der Waals surface area contributed by atoms with Crippen molar-refractivity contribution in [2.45, 2.75) is 11.9 Å². The second kappa shape index (κ2) is 4.69. The molecule has 0 spiro atoms. The zero-order valence-corrected chi connectivity index (χ0v) is 10.3. The van der Waals surface area contributed by atoms with Gasteiger partial charge in [-0.05, 0) is 31.2 Å². The van der Waals surface area contributed by atoms with Crippen LogP contribution >= 0.6 is 0 Å². The number of aromatic nitrogens is 2. The monoisotopic (exact) mass is 267 g/mol. The Labute approximate surface area is 104 Å². The fourth-order valence-corrected chi connectivity index (χ4v) is 2.48. The van der Waals surface area contributed by atoms with Crippen LogP contribution < -0.4 is 4.72 Å². The Morgan fingerprint density at radius 1 is 1.17 bits per heavy atom. The van der Waals surface area contributed by atoms with Crippen molar-refractivity contribution in [2.75, 3.05) is 4.72 Å². The molecule has 0 bridgehead atoms. The van der Waals surface area contributed by atoms with Gasteiger partial charge in [0.25, 0.3) is 10.0 Å². The van der Waals surface area contributed by atoms with Crippen LogP contribution in [-0.2, 0) is 10.0 Å². The Hall–Kier alpha value is -2.02. The SMILES string of the molecule is Cc1ncccc1NS(=O)(=O)c1ncccc1F. The zero-order chi connectivity index (χ0) is 13.2. The maximum atomic E-state index is 13.4. The number of sulfonamides is 1. The predicted molar refractivity (Wildman–Crippen MR) is 64.0 cm³/mol. The molecule has 2 heterocycles. The smallest absolute Gasteiger partial charge is 0.276 e. The van der Waals surface area contributed by atoms with E-state index in [9.17, 15) is 12.8 Å². The van der Waals surface area contributed by atoms with E-state index in [4.69, 9.17) is 0 Å². The van der Waals surface area contributed by atoms with E-state index >= 15 is 0 Å². The summed E-state index contributed by atoms with van der Waals surface area (Å²) in [5.41, 5.74) is 0.792. The average Bonchev–Trinajstić information content (AvgIpc) is 2.32. The Morgan fingerprint density at radius 2 is 1.83 bits per heavy atom. The number of aryl methyl sites for hydroxylation is 1. The van der Waals surface area contributed by atoms with Gasteiger partial charge in [0.15, 0.2) is 5.82 Å². The normalized spacial score (nSPS) is 11.2. The fourth-order valence-electron chi connectivity index (χ4n) is 1.35. The lowest BCUT2D eigenvalue weighted by atomic mass is 10.3. The fraction of sp³-hybridized carbons (Fsp3) is 0.0909. The summed E-state index contributed by atoms with van der Waals surface area (Å²) in [4.78, 5) is 7.47. The van der Waals surface area contributed by atoms with Crippen LogP contribution in [-0.4, -0.2) is 18.4 Å². The number of pyridine rings is 2. The van der Waals surface area contributed by atoms with Gasteiger partial charge >= 0.3 is 0 Å². The highest BCUT2D eigenvalue weighted by molar-refractivity contribution is 7.92. The van der Waals surface area contributed by atoms with Crippen LogP contribution in [0.4, 0.5) is 10.1 Å². The minimum Gasteiger partial charge on any atom is -0.276 e. The first-order chi connectivity index (χ1) is 8.50. The van der Waals surface area contributed by atoms with Gasteiger partial charge in [0, 0.05) is 12.4 Å². The van der Waals surface area contributed by atoms with Crippen LogP contribution in [0, 0.1) is 12.7 Å². The molecule has 0 saturated heterocycles. The molecule has 0 aromatic carbocycles. The van der Waals surface area contributed by atoms with Crippen LogP contribution in [0.25, 0.3) is 0 Å². The summed E-state index contributed by atoms with van der Waals surface area (Å²) in [5.74, 6) is -0.897. The maximum Gasteiger partial charge on any atom is 0.282 e. The van der Waals surface area contributed by atoms with Gasteiger partial charge in [-0.1, -0.05) is 0 Å². The molecular weight excluding hydrogens is 257 g/mol. The van der Waals surface area contributed by atoms with Gasteiger partial charge < -0.3 is 0 Å². The molecule has 94 valence electrons. The van der Waals surface area contributed by atoms with E-state index in [1.165, 1.54) is 18.5 Å². The van der Waals surface area contributed by atoms with E-state index in [0.29, 0.717) is 11.4 Å². The van der Waals surface area contributed by atoms with E-state index in [-0.39, 0.29) is 0 Å². The molecule has 2 rings (SSSR count). The van der Waals surface area contributed by atoms with Gasteiger partial charge in [-0.3, -0.25) is 9.71 Å². The van der Waals surface area contributed by atoms with Crippen molar-refractivity contribution in [3.05, 3.63) is 48.2 Å². The molecule has 5 nitrogen and oxygen atoms in total. The first kappa shape index (κ1) is 12.4. The highest BCUT2D eigenvalue weighted by Gasteiger charge is 2.21. The van der Waals surface area contributed by atoms with Crippen LogP contribution in [0.15, 0.2) is 41.7 Å². The van der Waals surface area contributed by atoms with Gasteiger partial charge in [-0.25, -0.2) is 9.37 Å². The summed E-state index contributed by atoms with van der Waals surface area (Å²) < 4.78 is 39.5. The molecular formula is C11H10FN3O2S. The number of nitrogens with one attached hydrogen (secondary N) is 1. The third kappa shape index (κ3) is 2.45. The lowest BCUT2D eigenvalue weighted by Gasteiger charge is -2.09. The second-order valence-electron chi connectivity index (χ2n) is 3.53. The molecule has 0 aliphatic rings. The molecule has 0 aliphatic heterocycles. The summed E-state index contributed by atoms with van der Waals surface area (Å²) >= 11 is 0. The topological polar surface area (TPSA) is 72.0 Å². The summed E-state index contributed by atoms with van der Waals surface area (Å²) in [7, 11) is -4.04. The van der Waals surface area contributed by atoms with Crippen molar-refractivity contribution in [1.82, 2.24) is 9.97 Å². The van der Waals surface area contributed by atoms with Gasteiger partial charge in [0.1, 0.15) is 0 Å². The lowest BCUT2D eigenvalue weighted by molar-refractivity contribution is 0.556. The molecule has 0 atom stereocenters. The van der Waals surface area contributed by atoms with E-state index in [0.717, 1.165) is 6.07 Å². The Kier molecular flexibility index (Phi) is 3.24. The quantitative estimate of drug-likeness (QED) is 0.919. The Balaban J connectivity index is 2.40. The predicted octanol–water partition coefficient (Wildman–Crippen LogP) is 1.72. The third-order valence-electron chi connectivity index (χ3n) is 2.23. The number of anilines is 1. The summed E-state index contributed by atoms with van der Waals surface area (Å²) in [6, 6.07) is 5.49. The highest BCUT2D eigenvalue weighted by Crippen LogP contribution is 2.17. The number of halogens is 1. The summed E-state index contributed by atoms with van der Waals surface area (Å²) in [6.07, 6.45) is 2.75. The number of hydrogen-bond acceptors (Lipinski definition) is 4. The van der Waals surface area contributed by atoms with E-state index in [1.54, 1.807) is 19.1 Å². The molecule has 2 aromatic rings. The van der Waals surface area contributed by atoms with E-state index in [1.807, 2.05) is 0 Å². The molecule has 7 heteroatoms. The summed E-state index contributed by atoms with van der Waals surface area (Å²) in [6.45, 7) is 1.65. The molecule has 0 radical (unpaired) electrons. The minimum absolute atomic E-state index is 0.294. The van der Waals surface area contributed by atoms with Crippen LogP contribution in [0.5, 0.6) is 0 Å². The van der Waals surface area contributed by atoms with Gasteiger partial charge in [0.2, 0.25) is 5.03 Å². The van der Waals surface area contributed by atoms with Gasteiger partial charge in [0.05, 0.1) is 11.4 Å². The van der Waals surface area contributed by atoms with Crippen molar-refractivity contribution < 1.29 is 12.8 Å². The third-order valence-corrected chi connectivity index (χ3v) is 3.53. The number of nitrogens with zero attached hydrogens (tertiary/aromatic N) is 2. The van der Waals surface area contributed by atoms with Crippen molar-refractivity contribution in [1.29, 1.82) is 0 Å². The Bertz CT molecular complexity index is 673. The van der Waals surface area contributed by atoms with E-state index in [2.05, 4.69) is 14.7 Å². The zero-order valence-electron chi connectivity index (χ0n) is 9.46. The molecule has 0 unspecified atom stereocenters. The maximum absolute atomic E-state index is 13.4. The Morgan fingerprint density at radius 3 is 2.50 bits per heavy atom. The standard InChI is InChI=1S/C11H10FN3O2S/c1-8-10(5-3-6-13-8)15-18(16,17)11-9(12)4-2-7-14-11/h2-7,15H,1H3. The van der Waals surface area contributed by atoms with E-state index < -0.39 is 20.9 Å². The number of rotatable bonds is 3. The van der Waals surface area contributed by atoms with Crippen molar-refractivity contribution >= 4 is 15.7 Å². The summed E-state index contributed by atoms with van der Waals surface area (Å²) in [5, 5.41) is -0.631. The van der Waals surface area contributed by atoms with Crippen molar-refractivity contribution in [3.63, 3.8) is 0 Å². The van der Waals surface area contributed by atoms with Crippen LogP contribution in [0.2, 0.25) is 0 Å². The molecule has 0 amide bonds. The molecule has 0 fully saturated rings. The van der Waals surface area contributed by atoms with Gasteiger partial charge in [-0.2, -0.15) is 8.42 Å². The van der Waals surface area contributed by atoms with Gasteiger partial charge in [-0.15, -0.1) is 0 Å². The molecule has 18 heavy (non-hydrogen) atoms. The largest absolute Gasteiger partial charge is 0.282 e. The number of hydrogen-bond donors (Lipinski definition) is 1. The second-order valence-corrected chi connectivity index (χ2v) is 5.13. The van der Waals surface area contributed by atoms with Crippen molar-refractivity contribution in [3.8, 4) is 0 Å². The molecule has 0 aliphatic carbocycles. The van der Waals surface area contributed by atoms with Crippen molar-refractivity contribution in [2.24, 2.45) is 0 Å². The first-order valence-electron chi connectivity index (χ1n) is 5.05.